The Labute approximate surface area is 291 Å². The lowest BCUT2D eigenvalue weighted by molar-refractivity contribution is -0.139. The third-order valence-electron chi connectivity index (χ3n) is 6.86. The number of benzene rings is 3. The van der Waals surface area contributed by atoms with Gasteiger partial charge in [-0.3, -0.25) is 4.79 Å². The number of esters is 2. The molecule has 0 aliphatic carbocycles. The number of methoxy groups -OCH3 is 1. The van der Waals surface area contributed by atoms with Crippen LogP contribution in [0, 0.1) is 0 Å². The van der Waals surface area contributed by atoms with Crippen LogP contribution in [0.5, 0.6) is 17.2 Å². The second kappa shape index (κ2) is 17.3. The van der Waals surface area contributed by atoms with Crippen LogP contribution in [-0.2, 0) is 25.7 Å². The van der Waals surface area contributed by atoms with Crippen molar-refractivity contribution in [2.75, 3.05) is 26.9 Å². The van der Waals surface area contributed by atoms with Gasteiger partial charge in [0, 0.05) is 21.3 Å². The summed E-state index contributed by atoms with van der Waals surface area (Å²) in [7, 11) is 1.51. The van der Waals surface area contributed by atoms with Gasteiger partial charge in [0.25, 0.3) is 5.91 Å². The maximum absolute atomic E-state index is 12.8. The first kappa shape index (κ1) is 35.9. The number of carbonyl (C=O) groups excluding carboxylic acids is 3. The lowest BCUT2D eigenvalue weighted by Crippen LogP contribution is -2.45. The normalized spacial score (nSPS) is 14.1. The van der Waals surface area contributed by atoms with Gasteiger partial charge in [-0.25, -0.2) is 15.0 Å². The molecule has 0 radical (unpaired) electrons. The minimum absolute atomic E-state index is 0.171. The van der Waals surface area contributed by atoms with Gasteiger partial charge in [0.1, 0.15) is 12.4 Å². The van der Waals surface area contributed by atoms with E-state index >= 15 is 0 Å². The smallest absolute Gasteiger partial charge is 0.338 e. The highest BCUT2D eigenvalue weighted by Crippen LogP contribution is 2.35. The zero-order valence-electron chi connectivity index (χ0n) is 26.8. The predicted octanol–water partition coefficient (Wildman–Crippen LogP) is 5.10. The molecular weight excluding hydrogens is 704 g/mol. The Hall–Kier alpha value is -4.95. The number of nitrogens with one attached hydrogen (secondary N) is 3. The van der Waals surface area contributed by atoms with Gasteiger partial charge in [-0.1, -0.05) is 46.3 Å². The number of hydrogen-bond acceptors (Lipinski definition) is 10. The van der Waals surface area contributed by atoms with E-state index in [0.29, 0.717) is 61.4 Å². The summed E-state index contributed by atoms with van der Waals surface area (Å²) in [5.41, 5.74) is 5.75. The molecule has 3 aromatic rings. The maximum atomic E-state index is 12.8. The van der Waals surface area contributed by atoms with E-state index in [0.717, 1.165) is 5.56 Å². The lowest BCUT2D eigenvalue weighted by Gasteiger charge is -2.30. The van der Waals surface area contributed by atoms with Gasteiger partial charge in [-0.05, 0) is 68.9 Å². The van der Waals surface area contributed by atoms with Gasteiger partial charge in [-0.15, -0.1) is 0 Å². The molecule has 1 amide bonds. The molecule has 0 saturated heterocycles. The zero-order valence-corrected chi connectivity index (χ0v) is 29.2. The van der Waals surface area contributed by atoms with Crippen molar-refractivity contribution in [3.05, 3.63) is 98.7 Å². The number of hydrazone groups is 1. The van der Waals surface area contributed by atoms with Gasteiger partial charge in [0.2, 0.25) is 0 Å². The number of allylic oxidation sites excluding steroid dienone is 1. The van der Waals surface area contributed by atoms with Crippen LogP contribution in [0.3, 0.4) is 0 Å². The fourth-order valence-electron chi connectivity index (χ4n) is 4.70. The molecule has 3 N–H and O–H groups in total. The summed E-state index contributed by atoms with van der Waals surface area (Å²) in [6.45, 7) is 5.52. The van der Waals surface area contributed by atoms with E-state index in [1.807, 2.05) is 0 Å². The summed E-state index contributed by atoms with van der Waals surface area (Å²) in [6.07, 6.45) is 1.43. The highest BCUT2D eigenvalue weighted by molar-refractivity contribution is 9.10. The standard InChI is InChI=1S/C34H35BrN4O8S/c1-5-44-32(41)22-13-11-21(12-14-22)18-47-31-23(15-24(35)16-27(31)43-4)17-36-39-28(40)19-46-26-10-8-7-9-25(26)30-29(33(42)45-6-2)20(3)37-34(48)38-30/h7-17,30H,5-6,18-19H2,1-4H3,(H,39,40)(H2,37,38,48)/t30-/m0/s1. The van der Waals surface area contributed by atoms with Gasteiger partial charge in [0.15, 0.2) is 23.2 Å². The van der Waals surface area contributed by atoms with Crippen LogP contribution >= 0.6 is 28.1 Å². The summed E-state index contributed by atoms with van der Waals surface area (Å²) in [5, 5.41) is 10.5. The number of nitrogens with zero attached hydrogens (tertiary/aromatic N) is 1. The Morgan fingerprint density at radius 1 is 0.979 bits per heavy atom. The van der Waals surface area contributed by atoms with E-state index in [-0.39, 0.29) is 19.8 Å². The fraction of sp³-hybridized carbons (Fsp3) is 0.265. The van der Waals surface area contributed by atoms with Gasteiger partial charge in [0.05, 0.1) is 43.7 Å². The first-order valence-electron chi connectivity index (χ1n) is 14.9. The van der Waals surface area contributed by atoms with Crippen molar-refractivity contribution in [3.63, 3.8) is 0 Å². The van der Waals surface area contributed by atoms with E-state index in [1.54, 1.807) is 81.4 Å². The highest BCUT2D eigenvalue weighted by atomic mass is 79.9. The average Bonchev–Trinajstić information content (AvgIpc) is 3.06. The summed E-state index contributed by atoms with van der Waals surface area (Å²) in [6, 6.07) is 16.8. The lowest BCUT2D eigenvalue weighted by atomic mass is 9.95. The monoisotopic (exact) mass is 738 g/mol. The van der Waals surface area contributed by atoms with Crippen LogP contribution in [0.4, 0.5) is 0 Å². The van der Waals surface area contributed by atoms with Crippen molar-refractivity contribution in [1.82, 2.24) is 16.1 Å². The Morgan fingerprint density at radius 2 is 1.69 bits per heavy atom. The highest BCUT2D eigenvalue weighted by Gasteiger charge is 2.32. The molecule has 1 heterocycles. The molecule has 3 aromatic carbocycles. The summed E-state index contributed by atoms with van der Waals surface area (Å²) in [4.78, 5) is 37.5. The minimum Gasteiger partial charge on any atom is -0.493 e. The topological polar surface area (TPSA) is 146 Å². The first-order valence-corrected chi connectivity index (χ1v) is 16.1. The molecule has 0 aromatic heterocycles. The molecule has 0 spiro atoms. The van der Waals surface area contributed by atoms with Crippen LogP contribution < -0.4 is 30.3 Å². The molecule has 252 valence electrons. The number of carbonyl (C=O) groups is 3. The molecule has 0 saturated carbocycles. The Kier molecular flexibility index (Phi) is 12.9. The van der Waals surface area contributed by atoms with E-state index in [4.69, 9.17) is 35.9 Å². The van der Waals surface area contributed by atoms with Crippen molar-refractivity contribution in [2.45, 2.75) is 33.4 Å². The summed E-state index contributed by atoms with van der Waals surface area (Å²) in [5.74, 6) is -0.212. The van der Waals surface area contributed by atoms with Gasteiger partial charge >= 0.3 is 11.9 Å². The molecule has 1 aliphatic heterocycles. The number of halogens is 1. The van der Waals surface area contributed by atoms with Crippen molar-refractivity contribution in [3.8, 4) is 17.2 Å². The third-order valence-corrected chi connectivity index (χ3v) is 7.54. The molecular formula is C34H35BrN4O8S. The fourth-order valence-corrected chi connectivity index (χ4v) is 5.43. The van der Waals surface area contributed by atoms with Crippen LogP contribution in [-0.4, -0.2) is 56.1 Å². The zero-order chi connectivity index (χ0) is 34.6. The van der Waals surface area contributed by atoms with Gasteiger partial charge < -0.3 is 34.3 Å². The minimum atomic E-state index is -0.657. The molecule has 1 atom stereocenters. The van der Waals surface area contributed by atoms with Gasteiger partial charge in [-0.2, -0.15) is 5.10 Å². The first-order chi connectivity index (χ1) is 23.1. The SMILES string of the molecule is CCOC(=O)C1=C(C)NC(=S)N[C@H]1c1ccccc1OCC(=O)NN=Cc1cc(Br)cc(OC)c1OCc1ccc(C(=O)OCC)cc1. The second-order valence-corrected chi connectivity index (χ2v) is 11.5. The molecule has 0 unspecified atom stereocenters. The number of hydrogen-bond donors (Lipinski definition) is 3. The summed E-state index contributed by atoms with van der Waals surface area (Å²) < 4.78 is 28.5. The van der Waals surface area contributed by atoms with Crippen LogP contribution in [0.1, 0.15) is 53.9 Å². The number of rotatable bonds is 14. The summed E-state index contributed by atoms with van der Waals surface area (Å²) >= 11 is 8.79. The number of amides is 1. The molecule has 12 nitrogen and oxygen atoms in total. The van der Waals surface area contributed by atoms with E-state index in [9.17, 15) is 14.4 Å². The number of para-hydroxylation sites is 1. The Bertz CT molecular complexity index is 1730. The molecule has 1 aliphatic rings. The number of thiocarbonyl (C=S) groups is 1. The maximum Gasteiger partial charge on any atom is 0.338 e. The van der Waals surface area contributed by atoms with Crippen molar-refractivity contribution >= 4 is 57.3 Å². The molecule has 4 rings (SSSR count). The largest absolute Gasteiger partial charge is 0.493 e. The van der Waals surface area contributed by atoms with E-state index in [2.05, 4.69) is 37.1 Å². The van der Waals surface area contributed by atoms with Crippen molar-refractivity contribution < 1.29 is 38.1 Å². The molecule has 14 heteroatoms. The average molecular weight is 740 g/mol. The molecule has 0 bridgehead atoms. The molecule has 0 fully saturated rings. The second-order valence-electron chi connectivity index (χ2n) is 10.1. The Morgan fingerprint density at radius 3 is 2.40 bits per heavy atom. The van der Waals surface area contributed by atoms with E-state index in [1.165, 1.54) is 13.3 Å². The Balaban J connectivity index is 1.43. The number of ether oxygens (including phenoxy) is 5. The van der Waals surface area contributed by atoms with Crippen molar-refractivity contribution in [2.24, 2.45) is 5.10 Å². The van der Waals surface area contributed by atoms with E-state index < -0.39 is 23.9 Å². The van der Waals surface area contributed by atoms with Crippen LogP contribution in [0.25, 0.3) is 0 Å². The predicted molar refractivity (Wildman–Crippen MR) is 186 cm³/mol. The molecule has 48 heavy (non-hydrogen) atoms. The van der Waals surface area contributed by atoms with Crippen LogP contribution in [0.2, 0.25) is 0 Å². The third kappa shape index (κ3) is 9.32. The van der Waals surface area contributed by atoms with Crippen molar-refractivity contribution in [1.29, 1.82) is 0 Å². The van der Waals surface area contributed by atoms with Crippen LogP contribution in [0.15, 0.2) is 81.5 Å². The quantitative estimate of drug-likeness (QED) is 0.0879.